The Kier molecular flexibility index (Phi) is 3.75. The maximum absolute atomic E-state index is 5.68. The Morgan fingerprint density at radius 2 is 2.06 bits per heavy atom. The van der Waals surface area contributed by atoms with Gasteiger partial charge in [0.1, 0.15) is 5.75 Å². The Morgan fingerprint density at radius 1 is 1.29 bits per heavy atom. The first-order chi connectivity index (χ1) is 8.19. The highest BCUT2D eigenvalue weighted by molar-refractivity contribution is 14.1. The van der Waals surface area contributed by atoms with Crippen molar-refractivity contribution >= 4 is 28.5 Å². The van der Waals surface area contributed by atoms with E-state index in [2.05, 4.69) is 38.0 Å². The number of aromatic nitrogens is 2. The second-order valence-electron chi connectivity index (χ2n) is 3.35. The van der Waals surface area contributed by atoms with Crippen molar-refractivity contribution in [2.24, 2.45) is 5.84 Å². The number of nitrogens with one attached hydrogen (secondary N) is 1. The predicted octanol–water partition coefficient (Wildman–Crippen LogP) is 2.47. The van der Waals surface area contributed by atoms with Crippen molar-refractivity contribution in [1.29, 1.82) is 0 Å². The number of nitrogens with zero attached hydrogens (tertiary/aromatic N) is 2. The third kappa shape index (κ3) is 3.04. The Balaban J connectivity index is 2.30. The maximum Gasteiger partial charge on any atom is 0.240 e. The molecular weight excluding hydrogens is 331 g/mol. The molecule has 6 heteroatoms. The molecule has 2 rings (SSSR count). The van der Waals surface area contributed by atoms with Crippen LogP contribution in [0, 0.1) is 10.5 Å². The lowest BCUT2D eigenvalue weighted by molar-refractivity contribution is 0.458. The van der Waals surface area contributed by atoms with Gasteiger partial charge in [0.05, 0.1) is 3.57 Å². The Labute approximate surface area is 113 Å². The molecule has 0 atom stereocenters. The predicted molar refractivity (Wildman–Crippen MR) is 73.8 cm³/mol. The van der Waals surface area contributed by atoms with Gasteiger partial charge in [0.25, 0.3) is 0 Å². The Morgan fingerprint density at radius 3 is 2.76 bits per heavy atom. The minimum absolute atomic E-state index is 0.339. The van der Waals surface area contributed by atoms with Crippen LogP contribution in [0.1, 0.15) is 5.69 Å². The number of nitrogen functional groups attached to an aromatic ring is 1. The number of para-hydroxylation sites is 1. The fraction of sp³-hybridized carbons (Fsp3) is 0.0909. The first kappa shape index (κ1) is 12.1. The number of benzene rings is 1. The monoisotopic (exact) mass is 342 g/mol. The van der Waals surface area contributed by atoms with Gasteiger partial charge in [-0.15, -0.1) is 0 Å². The molecule has 5 nitrogen and oxygen atoms in total. The van der Waals surface area contributed by atoms with Crippen LogP contribution in [0.5, 0.6) is 11.6 Å². The summed E-state index contributed by atoms with van der Waals surface area (Å²) >= 11 is 2.21. The molecule has 0 amide bonds. The van der Waals surface area contributed by atoms with E-state index in [9.17, 15) is 0 Å². The quantitative estimate of drug-likeness (QED) is 0.509. The van der Waals surface area contributed by atoms with Gasteiger partial charge in [-0.05, 0) is 41.6 Å². The number of ether oxygens (including phenoxy) is 1. The normalized spacial score (nSPS) is 10.1. The number of hydrogen-bond donors (Lipinski definition) is 2. The third-order valence-electron chi connectivity index (χ3n) is 2.01. The zero-order valence-electron chi connectivity index (χ0n) is 9.14. The first-order valence-electron chi connectivity index (χ1n) is 4.94. The number of nitrogens with two attached hydrogens (primary N) is 1. The molecule has 0 bridgehead atoms. The first-order valence-corrected chi connectivity index (χ1v) is 6.01. The maximum atomic E-state index is 5.68. The number of halogens is 1. The minimum atomic E-state index is 0.339. The van der Waals surface area contributed by atoms with Crippen LogP contribution >= 0.6 is 22.6 Å². The van der Waals surface area contributed by atoms with E-state index in [1.54, 1.807) is 6.07 Å². The number of hydrogen-bond acceptors (Lipinski definition) is 5. The van der Waals surface area contributed by atoms with E-state index >= 15 is 0 Å². The van der Waals surface area contributed by atoms with E-state index in [0.29, 0.717) is 11.8 Å². The molecular formula is C11H11IN4O. The number of rotatable bonds is 3. The standard InChI is InChI=1S/C11H11IN4O/c1-7-6-10(15-11(14-7)16-13)17-9-5-3-2-4-8(9)12/h2-6H,13H2,1H3,(H,14,15,16). The van der Waals surface area contributed by atoms with Gasteiger partial charge < -0.3 is 4.74 Å². The van der Waals surface area contributed by atoms with Gasteiger partial charge >= 0.3 is 0 Å². The SMILES string of the molecule is Cc1cc(Oc2ccccc2I)nc(NN)n1. The zero-order valence-corrected chi connectivity index (χ0v) is 11.3. The lowest BCUT2D eigenvalue weighted by Crippen LogP contribution is -2.11. The second kappa shape index (κ2) is 5.28. The Bertz CT molecular complexity index is 533. The lowest BCUT2D eigenvalue weighted by atomic mass is 10.3. The molecule has 0 aliphatic carbocycles. The molecule has 0 fully saturated rings. The van der Waals surface area contributed by atoms with Crippen LogP contribution in [0.2, 0.25) is 0 Å². The highest BCUT2D eigenvalue weighted by atomic mass is 127. The number of hydrazine groups is 1. The van der Waals surface area contributed by atoms with Crippen LogP contribution < -0.4 is 16.0 Å². The van der Waals surface area contributed by atoms with Crippen LogP contribution in [0.3, 0.4) is 0 Å². The van der Waals surface area contributed by atoms with E-state index in [4.69, 9.17) is 10.6 Å². The van der Waals surface area contributed by atoms with Crippen LogP contribution in [0.15, 0.2) is 30.3 Å². The molecule has 1 aromatic heterocycles. The van der Waals surface area contributed by atoms with Crippen molar-refractivity contribution in [2.75, 3.05) is 5.43 Å². The summed E-state index contributed by atoms with van der Waals surface area (Å²) in [5.74, 6) is 6.84. The molecule has 1 heterocycles. The van der Waals surface area contributed by atoms with Gasteiger partial charge in [0.2, 0.25) is 11.8 Å². The van der Waals surface area contributed by atoms with Gasteiger partial charge in [-0.25, -0.2) is 10.8 Å². The summed E-state index contributed by atoms with van der Waals surface area (Å²) in [5.41, 5.74) is 3.19. The fourth-order valence-corrected chi connectivity index (χ4v) is 1.79. The summed E-state index contributed by atoms with van der Waals surface area (Å²) in [5, 5.41) is 0. The van der Waals surface area contributed by atoms with E-state index < -0.39 is 0 Å². The van der Waals surface area contributed by atoms with Gasteiger partial charge in [0.15, 0.2) is 0 Å². The largest absolute Gasteiger partial charge is 0.438 e. The van der Waals surface area contributed by atoms with Crippen molar-refractivity contribution in [3.8, 4) is 11.6 Å². The highest BCUT2D eigenvalue weighted by Crippen LogP contribution is 2.25. The molecule has 0 radical (unpaired) electrons. The summed E-state index contributed by atoms with van der Waals surface area (Å²) in [6, 6.07) is 9.46. The summed E-state index contributed by atoms with van der Waals surface area (Å²) in [6.07, 6.45) is 0. The van der Waals surface area contributed by atoms with Gasteiger partial charge in [-0.2, -0.15) is 4.98 Å². The van der Waals surface area contributed by atoms with Gasteiger partial charge in [-0.1, -0.05) is 12.1 Å². The zero-order chi connectivity index (χ0) is 12.3. The van der Waals surface area contributed by atoms with Crippen LogP contribution in [-0.2, 0) is 0 Å². The molecule has 0 saturated carbocycles. The average Bonchev–Trinajstić information content (AvgIpc) is 2.31. The minimum Gasteiger partial charge on any atom is -0.438 e. The fourth-order valence-electron chi connectivity index (χ4n) is 1.30. The van der Waals surface area contributed by atoms with Gasteiger partial charge in [0, 0.05) is 11.8 Å². The molecule has 1 aromatic carbocycles. The van der Waals surface area contributed by atoms with Gasteiger partial charge in [-0.3, -0.25) is 5.43 Å². The molecule has 0 aliphatic rings. The molecule has 0 spiro atoms. The average molecular weight is 342 g/mol. The summed E-state index contributed by atoms with van der Waals surface area (Å²) in [7, 11) is 0. The van der Waals surface area contributed by atoms with Crippen molar-refractivity contribution in [3.05, 3.63) is 39.6 Å². The molecule has 0 unspecified atom stereocenters. The van der Waals surface area contributed by atoms with Crippen molar-refractivity contribution in [2.45, 2.75) is 6.92 Å². The van der Waals surface area contributed by atoms with Crippen molar-refractivity contribution < 1.29 is 4.74 Å². The summed E-state index contributed by atoms with van der Waals surface area (Å²) < 4.78 is 6.70. The number of aryl methyl sites for hydroxylation is 1. The van der Waals surface area contributed by atoms with Crippen LogP contribution in [0.4, 0.5) is 5.95 Å². The van der Waals surface area contributed by atoms with Crippen molar-refractivity contribution in [3.63, 3.8) is 0 Å². The van der Waals surface area contributed by atoms with Crippen LogP contribution in [0.25, 0.3) is 0 Å². The smallest absolute Gasteiger partial charge is 0.240 e. The van der Waals surface area contributed by atoms with Crippen LogP contribution in [-0.4, -0.2) is 9.97 Å². The molecule has 3 N–H and O–H groups in total. The topological polar surface area (TPSA) is 73.1 Å². The van der Waals surface area contributed by atoms with E-state index in [1.165, 1.54) is 0 Å². The molecule has 0 aliphatic heterocycles. The van der Waals surface area contributed by atoms with E-state index in [0.717, 1.165) is 15.0 Å². The highest BCUT2D eigenvalue weighted by Gasteiger charge is 2.05. The van der Waals surface area contributed by atoms with Crippen molar-refractivity contribution in [1.82, 2.24) is 9.97 Å². The van der Waals surface area contributed by atoms with E-state index in [1.807, 2.05) is 31.2 Å². The Hall–Kier alpha value is -1.41. The summed E-state index contributed by atoms with van der Waals surface area (Å²) in [6.45, 7) is 1.85. The number of anilines is 1. The second-order valence-corrected chi connectivity index (χ2v) is 4.51. The molecule has 17 heavy (non-hydrogen) atoms. The summed E-state index contributed by atoms with van der Waals surface area (Å²) in [4.78, 5) is 8.20. The lowest BCUT2D eigenvalue weighted by Gasteiger charge is -2.08. The van der Waals surface area contributed by atoms with E-state index in [-0.39, 0.29) is 0 Å². The molecule has 0 saturated heterocycles. The third-order valence-corrected chi connectivity index (χ3v) is 2.90. The molecule has 88 valence electrons. The molecule has 2 aromatic rings.